The van der Waals surface area contributed by atoms with E-state index in [4.69, 9.17) is 9.84 Å². The molecular weight excluding hydrogens is 282 g/mol. The smallest absolute Gasteiger partial charge is 0.335 e. The highest BCUT2D eigenvalue weighted by Gasteiger charge is 2.33. The largest absolute Gasteiger partial charge is 0.478 e. The molecule has 1 aliphatic heterocycles. The zero-order chi connectivity index (χ0) is 16.4. The molecule has 1 unspecified atom stereocenters. The normalized spacial score (nSPS) is 17.8. The van der Waals surface area contributed by atoms with Crippen LogP contribution in [0, 0.1) is 11.3 Å². The molecule has 5 heteroatoms. The Kier molecular flexibility index (Phi) is 4.13. The van der Waals surface area contributed by atoms with Crippen molar-refractivity contribution >= 4 is 11.8 Å². The molecule has 0 radical (unpaired) electrons. The summed E-state index contributed by atoms with van der Waals surface area (Å²) in [6.45, 7) is 4.74. The number of nitriles is 1. The number of rotatable bonds is 3. The Morgan fingerprint density at radius 3 is 2.50 bits per heavy atom. The van der Waals surface area contributed by atoms with Gasteiger partial charge in [0.2, 0.25) is 0 Å². The molecule has 112 valence electrons. The number of carboxylic acid groups (broad SMARTS) is 1. The summed E-state index contributed by atoms with van der Waals surface area (Å²) in [5.41, 5.74) is 1.39. The molecule has 0 aromatic heterocycles. The first-order chi connectivity index (χ1) is 10.4. The number of hydrogen-bond donors (Lipinski definition) is 1. The van der Waals surface area contributed by atoms with Crippen LogP contribution in [-0.2, 0) is 9.53 Å². The zero-order valence-corrected chi connectivity index (χ0v) is 12.5. The van der Waals surface area contributed by atoms with Crippen molar-refractivity contribution in [1.82, 2.24) is 0 Å². The molecule has 0 fully saturated rings. The van der Waals surface area contributed by atoms with E-state index in [1.54, 1.807) is 26.0 Å². The number of ether oxygens (including phenoxy) is 1. The fourth-order valence-electron chi connectivity index (χ4n) is 2.67. The number of ketones is 1. The lowest BCUT2D eigenvalue weighted by Gasteiger charge is -2.27. The second-order valence-corrected chi connectivity index (χ2v) is 5.07. The van der Waals surface area contributed by atoms with Crippen molar-refractivity contribution in [1.29, 1.82) is 5.26 Å². The van der Waals surface area contributed by atoms with Gasteiger partial charge in [-0.1, -0.05) is 12.1 Å². The van der Waals surface area contributed by atoms with E-state index in [1.807, 2.05) is 0 Å². The van der Waals surface area contributed by atoms with Crippen LogP contribution in [0.5, 0.6) is 0 Å². The molecule has 0 bridgehead atoms. The number of aromatic carboxylic acids is 1. The second kappa shape index (κ2) is 5.86. The standard InChI is InChI=1S/C17H15NO4/c1-9(19)15-11(3)22-10(2)14(8-18)16(15)12-5-4-6-13(7-12)17(20)21/h4-7,16H,1-3H3,(H,20,21). The Morgan fingerprint density at radius 1 is 1.27 bits per heavy atom. The van der Waals surface area contributed by atoms with Gasteiger partial charge in [-0.3, -0.25) is 4.79 Å². The van der Waals surface area contributed by atoms with Gasteiger partial charge in [-0.05, 0) is 38.5 Å². The molecule has 0 saturated carbocycles. The van der Waals surface area contributed by atoms with Crippen molar-refractivity contribution in [3.05, 3.63) is 58.1 Å². The average Bonchev–Trinajstić information content (AvgIpc) is 2.46. The van der Waals surface area contributed by atoms with Crippen LogP contribution in [0.4, 0.5) is 0 Å². The van der Waals surface area contributed by atoms with Crippen molar-refractivity contribution in [3.8, 4) is 6.07 Å². The minimum Gasteiger partial charge on any atom is -0.478 e. The lowest BCUT2D eigenvalue weighted by molar-refractivity contribution is -0.114. The van der Waals surface area contributed by atoms with Crippen LogP contribution in [0.15, 0.2) is 46.9 Å². The predicted octanol–water partition coefficient (Wildman–Crippen LogP) is 3.16. The maximum atomic E-state index is 12.0. The van der Waals surface area contributed by atoms with Crippen molar-refractivity contribution in [3.63, 3.8) is 0 Å². The van der Waals surface area contributed by atoms with E-state index in [9.17, 15) is 14.9 Å². The van der Waals surface area contributed by atoms with Gasteiger partial charge in [-0.25, -0.2) is 4.79 Å². The molecule has 0 aliphatic carbocycles. The molecule has 1 heterocycles. The summed E-state index contributed by atoms with van der Waals surface area (Å²) in [4.78, 5) is 23.1. The van der Waals surface area contributed by atoms with Crippen molar-refractivity contribution in [2.24, 2.45) is 0 Å². The first kappa shape index (κ1) is 15.5. The van der Waals surface area contributed by atoms with Gasteiger partial charge in [0.05, 0.1) is 23.1 Å². The van der Waals surface area contributed by atoms with Gasteiger partial charge in [-0.15, -0.1) is 0 Å². The summed E-state index contributed by atoms with van der Waals surface area (Å²) in [6.07, 6.45) is 0. The molecular formula is C17H15NO4. The van der Waals surface area contributed by atoms with Crippen molar-refractivity contribution in [2.45, 2.75) is 26.7 Å². The molecule has 5 nitrogen and oxygen atoms in total. The zero-order valence-electron chi connectivity index (χ0n) is 12.5. The van der Waals surface area contributed by atoms with Gasteiger partial charge in [0, 0.05) is 5.57 Å². The first-order valence-corrected chi connectivity index (χ1v) is 6.70. The highest BCUT2D eigenvalue weighted by Crippen LogP contribution is 2.40. The number of hydrogen-bond acceptors (Lipinski definition) is 4. The Balaban J connectivity index is 2.68. The maximum Gasteiger partial charge on any atom is 0.335 e. The first-order valence-electron chi connectivity index (χ1n) is 6.70. The number of Topliss-reactive ketones (excluding diaryl/α,β-unsaturated/α-hetero) is 1. The summed E-state index contributed by atoms with van der Waals surface area (Å²) in [6, 6.07) is 8.35. The van der Waals surface area contributed by atoms with Gasteiger partial charge in [0.25, 0.3) is 0 Å². The van der Waals surface area contributed by atoms with Crippen LogP contribution >= 0.6 is 0 Å². The predicted molar refractivity (Wildman–Crippen MR) is 78.9 cm³/mol. The molecule has 0 amide bonds. The number of benzene rings is 1. The fourth-order valence-corrected chi connectivity index (χ4v) is 2.67. The summed E-state index contributed by atoms with van der Waals surface area (Å²) < 4.78 is 5.49. The van der Waals surface area contributed by atoms with E-state index >= 15 is 0 Å². The molecule has 2 rings (SSSR count). The highest BCUT2D eigenvalue weighted by molar-refractivity contribution is 5.97. The van der Waals surface area contributed by atoms with E-state index in [1.165, 1.54) is 19.1 Å². The van der Waals surface area contributed by atoms with Gasteiger partial charge >= 0.3 is 5.97 Å². The van der Waals surface area contributed by atoms with E-state index in [-0.39, 0.29) is 11.3 Å². The lowest BCUT2D eigenvalue weighted by Crippen LogP contribution is -2.20. The third-order valence-corrected chi connectivity index (χ3v) is 3.61. The Labute approximate surface area is 128 Å². The van der Waals surface area contributed by atoms with Crippen LogP contribution in [0.2, 0.25) is 0 Å². The van der Waals surface area contributed by atoms with Gasteiger partial charge in [0.1, 0.15) is 11.5 Å². The van der Waals surface area contributed by atoms with Gasteiger partial charge < -0.3 is 9.84 Å². The monoisotopic (exact) mass is 297 g/mol. The summed E-state index contributed by atoms with van der Waals surface area (Å²) >= 11 is 0. The molecule has 1 N–H and O–H groups in total. The SMILES string of the molecule is CC(=O)C1=C(C)OC(C)=C(C#N)C1c1cccc(C(=O)O)c1. The van der Waals surface area contributed by atoms with E-state index in [0.29, 0.717) is 28.2 Å². The fraction of sp³-hybridized carbons (Fsp3) is 0.235. The Morgan fingerprint density at radius 2 is 1.95 bits per heavy atom. The quantitative estimate of drug-likeness (QED) is 0.925. The summed E-state index contributed by atoms with van der Waals surface area (Å²) in [5, 5.41) is 18.5. The molecule has 1 atom stereocenters. The highest BCUT2D eigenvalue weighted by atomic mass is 16.5. The Hall–Kier alpha value is -2.87. The third-order valence-electron chi connectivity index (χ3n) is 3.61. The second-order valence-electron chi connectivity index (χ2n) is 5.07. The Bertz CT molecular complexity index is 765. The number of nitrogens with zero attached hydrogens (tertiary/aromatic N) is 1. The maximum absolute atomic E-state index is 12.0. The van der Waals surface area contributed by atoms with E-state index in [0.717, 1.165) is 0 Å². The molecule has 1 aromatic carbocycles. The number of carbonyl (C=O) groups is 2. The molecule has 0 spiro atoms. The lowest BCUT2D eigenvalue weighted by atomic mass is 9.80. The van der Waals surface area contributed by atoms with Crippen LogP contribution in [-0.4, -0.2) is 16.9 Å². The van der Waals surface area contributed by atoms with Gasteiger partial charge in [0.15, 0.2) is 5.78 Å². The minimum atomic E-state index is -1.06. The topological polar surface area (TPSA) is 87.4 Å². The van der Waals surface area contributed by atoms with Crippen LogP contribution in [0.25, 0.3) is 0 Å². The number of carboxylic acids is 1. The van der Waals surface area contributed by atoms with Crippen LogP contribution in [0.1, 0.15) is 42.6 Å². The molecule has 1 aliphatic rings. The van der Waals surface area contributed by atoms with E-state index < -0.39 is 11.9 Å². The van der Waals surface area contributed by atoms with Gasteiger partial charge in [-0.2, -0.15) is 5.26 Å². The molecule has 22 heavy (non-hydrogen) atoms. The number of allylic oxidation sites excluding steroid dienone is 4. The van der Waals surface area contributed by atoms with Crippen LogP contribution in [0.3, 0.4) is 0 Å². The summed E-state index contributed by atoms with van der Waals surface area (Å²) in [5.74, 6) is -0.998. The number of carbonyl (C=O) groups excluding carboxylic acids is 1. The summed E-state index contributed by atoms with van der Waals surface area (Å²) in [7, 11) is 0. The van der Waals surface area contributed by atoms with Crippen molar-refractivity contribution < 1.29 is 19.4 Å². The van der Waals surface area contributed by atoms with Crippen molar-refractivity contribution in [2.75, 3.05) is 0 Å². The van der Waals surface area contributed by atoms with E-state index in [2.05, 4.69) is 6.07 Å². The molecule has 0 saturated heterocycles. The average molecular weight is 297 g/mol. The minimum absolute atomic E-state index is 0.111. The molecule has 1 aromatic rings. The van der Waals surface area contributed by atoms with Crippen LogP contribution < -0.4 is 0 Å². The third kappa shape index (κ3) is 2.63.